The third-order valence-corrected chi connectivity index (χ3v) is 2.01. The first-order valence-electron chi connectivity index (χ1n) is 4.30. The molecule has 1 aromatic carbocycles. The number of hydrogen-bond donors (Lipinski definition) is 2. The maximum absolute atomic E-state index is 10.5. The van der Waals surface area contributed by atoms with E-state index in [1.165, 1.54) is 25.3 Å². The molecule has 0 radical (unpaired) electrons. The molecule has 0 amide bonds. The Labute approximate surface area is 86.4 Å². The van der Waals surface area contributed by atoms with Crippen LogP contribution in [0.25, 0.3) is 0 Å². The summed E-state index contributed by atoms with van der Waals surface area (Å²) >= 11 is 0. The minimum Gasteiger partial charge on any atom is -0.496 e. The number of non-ortho nitro benzene ring substituents is 1. The molecule has 15 heavy (non-hydrogen) atoms. The van der Waals surface area contributed by atoms with Crippen molar-refractivity contribution in [3.63, 3.8) is 0 Å². The van der Waals surface area contributed by atoms with Crippen molar-refractivity contribution in [2.75, 3.05) is 13.7 Å². The van der Waals surface area contributed by atoms with Gasteiger partial charge in [-0.1, -0.05) is 0 Å². The standard InChI is InChI=1S/C9H12N2O4/c1-15-9-4-6(11(13)14)2-3-7(9)8(12)5-10/h2-4,8,12H,5,10H2,1H3/t8-/m1/s1. The molecule has 0 bridgehead atoms. The molecule has 6 nitrogen and oxygen atoms in total. The van der Waals surface area contributed by atoms with Gasteiger partial charge < -0.3 is 15.6 Å². The Kier molecular flexibility index (Phi) is 3.59. The molecule has 0 saturated heterocycles. The summed E-state index contributed by atoms with van der Waals surface area (Å²) in [5.41, 5.74) is 5.65. The second-order valence-corrected chi connectivity index (χ2v) is 2.93. The highest BCUT2D eigenvalue weighted by atomic mass is 16.6. The zero-order valence-corrected chi connectivity index (χ0v) is 8.21. The summed E-state index contributed by atoms with van der Waals surface area (Å²) in [6, 6.07) is 4.00. The Morgan fingerprint density at radius 3 is 2.80 bits per heavy atom. The molecule has 6 heteroatoms. The lowest BCUT2D eigenvalue weighted by Gasteiger charge is -2.12. The van der Waals surface area contributed by atoms with Crippen LogP contribution in [0.4, 0.5) is 5.69 Å². The van der Waals surface area contributed by atoms with Crippen molar-refractivity contribution < 1.29 is 14.8 Å². The maximum atomic E-state index is 10.5. The molecule has 0 unspecified atom stereocenters. The van der Waals surface area contributed by atoms with Gasteiger partial charge in [0.1, 0.15) is 5.75 Å². The number of aliphatic hydroxyl groups is 1. The number of methoxy groups -OCH3 is 1. The molecule has 0 saturated carbocycles. The summed E-state index contributed by atoms with van der Waals surface area (Å²) in [5, 5.41) is 20.0. The van der Waals surface area contributed by atoms with Gasteiger partial charge in [0.25, 0.3) is 5.69 Å². The molecule has 0 aliphatic rings. The van der Waals surface area contributed by atoms with Gasteiger partial charge >= 0.3 is 0 Å². The van der Waals surface area contributed by atoms with Gasteiger partial charge in [0.2, 0.25) is 0 Å². The second kappa shape index (κ2) is 4.72. The van der Waals surface area contributed by atoms with Gasteiger partial charge in [-0.05, 0) is 6.07 Å². The molecule has 0 heterocycles. The maximum Gasteiger partial charge on any atom is 0.273 e. The molecule has 82 valence electrons. The van der Waals surface area contributed by atoms with Crippen LogP contribution in [0.1, 0.15) is 11.7 Å². The number of nitro groups is 1. The van der Waals surface area contributed by atoms with Gasteiger partial charge in [0.05, 0.1) is 24.2 Å². The van der Waals surface area contributed by atoms with E-state index in [-0.39, 0.29) is 18.0 Å². The molecule has 0 fully saturated rings. The zero-order chi connectivity index (χ0) is 11.4. The number of rotatable bonds is 4. The fraction of sp³-hybridized carbons (Fsp3) is 0.333. The molecule has 0 aliphatic carbocycles. The summed E-state index contributed by atoms with van der Waals surface area (Å²) in [6.07, 6.45) is -0.874. The molecule has 1 atom stereocenters. The van der Waals surface area contributed by atoms with E-state index in [0.717, 1.165) is 0 Å². The molecule has 0 aliphatic heterocycles. The highest BCUT2D eigenvalue weighted by Gasteiger charge is 2.15. The number of nitro benzene ring substituents is 1. The Balaban J connectivity index is 3.14. The quantitative estimate of drug-likeness (QED) is 0.562. The fourth-order valence-electron chi connectivity index (χ4n) is 1.22. The van der Waals surface area contributed by atoms with Crippen LogP contribution in [0, 0.1) is 10.1 Å². The predicted molar refractivity (Wildman–Crippen MR) is 53.7 cm³/mol. The van der Waals surface area contributed by atoms with Crippen molar-refractivity contribution in [2.45, 2.75) is 6.10 Å². The van der Waals surface area contributed by atoms with Crippen molar-refractivity contribution in [1.82, 2.24) is 0 Å². The Morgan fingerprint density at radius 1 is 1.67 bits per heavy atom. The van der Waals surface area contributed by atoms with Crippen molar-refractivity contribution in [3.8, 4) is 5.75 Å². The van der Waals surface area contributed by atoms with E-state index in [9.17, 15) is 15.2 Å². The van der Waals surface area contributed by atoms with E-state index in [2.05, 4.69) is 0 Å². The number of hydrogen-bond acceptors (Lipinski definition) is 5. The van der Waals surface area contributed by atoms with Gasteiger partial charge in [0.15, 0.2) is 0 Å². The first-order valence-corrected chi connectivity index (χ1v) is 4.30. The van der Waals surface area contributed by atoms with Gasteiger partial charge in [-0.15, -0.1) is 0 Å². The fourth-order valence-corrected chi connectivity index (χ4v) is 1.22. The lowest BCUT2D eigenvalue weighted by Crippen LogP contribution is -2.12. The average Bonchev–Trinajstić information content (AvgIpc) is 2.27. The lowest BCUT2D eigenvalue weighted by molar-refractivity contribution is -0.384. The molecule has 1 rings (SSSR count). The van der Waals surface area contributed by atoms with Crippen LogP contribution in [-0.4, -0.2) is 23.7 Å². The van der Waals surface area contributed by atoms with Crippen LogP contribution in [0.2, 0.25) is 0 Å². The topological polar surface area (TPSA) is 98.6 Å². The number of aliphatic hydroxyl groups excluding tert-OH is 1. The van der Waals surface area contributed by atoms with Crippen LogP contribution < -0.4 is 10.5 Å². The van der Waals surface area contributed by atoms with E-state index >= 15 is 0 Å². The number of nitrogens with two attached hydrogens (primary N) is 1. The summed E-state index contributed by atoms with van der Waals surface area (Å²) < 4.78 is 4.94. The van der Waals surface area contributed by atoms with Crippen LogP contribution in [0.5, 0.6) is 5.75 Å². The molecular formula is C9H12N2O4. The molecule has 0 aromatic heterocycles. The van der Waals surface area contributed by atoms with Crippen LogP contribution in [0.3, 0.4) is 0 Å². The van der Waals surface area contributed by atoms with Crippen molar-refractivity contribution in [1.29, 1.82) is 0 Å². The SMILES string of the molecule is COc1cc([N+](=O)[O-])ccc1[C@H](O)CN. The van der Waals surface area contributed by atoms with Crippen LogP contribution in [-0.2, 0) is 0 Å². The van der Waals surface area contributed by atoms with Gasteiger partial charge in [-0.25, -0.2) is 0 Å². The van der Waals surface area contributed by atoms with Crippen LogP contribution >= 0.6 is 0 Å². The summed E-state index contributed by atoms with van der Waals surface area (Å²) in [6.45, 7) is 0.0359. The number of ether oxygens (including phenoxy) is 1. The molecular weight excluding hydrogens is 200 g/mol. The smallest absolute Gasteiger partial charge is 0.273 e. The third kappa shape index (κ3) is 2.42. The first kappa shape index (κ1) is 11.4. The third-order valence-electron chi connectivity index (χ3n) is 2.01. The Bertz CT molecular complexity index is 367. The van der Waals surface area contributed by atoms with Crippen molar-refractivity contribution >= 4 is 5.69 Å². The second-order valence-electron chi connectivity index (χ2n) is 2.93. The van der Waals surface area contributed by atoms with Gasteiger partial charge in [-0.2, -0.15) is 0 Å². The Hall–Kier alpha value is -1.66. The van der Waals surface area contributed by atoms with Gasteiger partial charge in [-0.3, -0.25) is 10.1 Å². The van der Waals surface area contributed by atoms with E-state index in [4.69, 9.17) is 10.5 Å². The minimum absolute atomic E-state index is 0.0359. The Morgan fingerprint density at radius 2 is 2.33 bits per heavy atom. The average molecular weight is 212 g/mol. The van der Waals surface area contributed by atoms with Crippen molar-refractivity contribution in [3.05, 3.63) is 33.9 Å². The summed E-state index contributed by atoms with van der Waals surface area (Å²) in [5.74, 6) is 0.266. The van der Waals surface area contributed by atoms with Gasteiger partial charge in [0, 0.05) is 18.2 Å². The van der Waals surface area contributed by atoms with Crippen LogP contribution in [0.15, 0.2) is 18.2 Å². The monoisotopic (exact) mass is 212 g/mol. The number of nitrogens with zero attached hydrogens (tertiary/aromatic N) is 1. The zero-order valence-electron chi connectivity index (χ0n) is 8.21. The normalized spacial score (nSPS) is 12.2. The molecule has 0 spiro atoms. The van der Waals surface area contributed by atoms with E-state index < -0.39 is 11.0 Å². The van der Waals surface area contributed by atoms with E-state index in [0.29, 0.717) is 5.56 Å². The van der Waals surface area contributed by atoms with E-state index in [1.807, 2.05) is 0 Å². The molecule has 1 aromatic rings. The first-order chi connectivity index (χ1) is 7.10. The van der Waals surface area contributed by atoms with Crippen molar-refractivity contribution in [2.24, 2.45) is 5.73 Å². The summed E-state index contributed by atoms with van der Waals surface area (Å²) in [7, 11) is 1.38. The highest BCUT2D eigenvalue weighted by Crippen LogP contribution is 2.28. The molecule has 3 N–H and O–H groups in total. The largest absolute Gasteiger partial charge is 0.496 e. The van der Waals surface area contributed by atoms with E-state index in [1.54, 1.807) is 0 Å². The number of benzene rings is 1. The highest BCUT2D eigenvalue weighted by molar-refractivity contribution is 5.45. The minimum atomic E-state index is -0.874. The predicted octanol–water partition coefficient (Wildman–Crippen LogP) is 0.595. The summed E-state index contributed by atoms with van der Waals surface area (Å²) in [4.78, 5) is 9.96. The lowest BCUT2D eigenvalue weighted by atomic mass is 10.1.